The summed E-state index contributed by atoms with van der Waals surface area (Å²) in [6, 6.07) is 18.9. The third-order valence-corrected chi connectivity index (χ3v) is 5.52. The molecule has 130 valence electrons. The molecule has 4 nitrogen and oxygen atoms in total. The number of carbonyl (C=O) groups excluding carboxylic acids is 1. The molecular weight excluding hydrogens is 310 g/mol. The van der Waals surface area contributed by atoms with Crippen LogP contribution in [0.4, 0.5) is 5.69 Å². The molecule has 2 aromatic rings. The lowest BCUT2D eigenvalue weighted by molar-refractivity contribution is -0.119. The molecule has 0 bridgehead atoms. The number of nitrogens with zero attached hydrogens (tertiary/aromatic N) is 2. The minimum atomic E-state index is -0.615. The number of piperazine rings is 1. The van der Waals surface area contributed by atoms with Crippen LogP contribution in [0.3, 0.4) is 0 Å². The Morgan fingerprint density at radius 3 is 2.44 bits per heavy atom. The molecule has 0 radical (unpaired) electrons. The number of para-hydroxylation sites is 1. The number of benzene rings is 2. The number of nitrogens with one attached hydrogen (secondary N) is 1. The maximum absolute atomic E-state index is 12.6. The highest BCUT2D eigenvalue weighted by Gasteiger charge is 2.45. The van der Waals surface area contributed by atoms with Crippen molar-refractivity contribution in [2.24, 2.45) is 0 Å². The zero-order valence-corrected chi connectivity index (χ0v) is 14.5. The highest BCUT2D eigenvalue weighted by molar-refractivity contribution is 5.75. The first-order chi connectivity index (χ1) is 12.3. The van der Waals surface area contributed by atoms with Gasteiger partial charge >= 0.3 is 0 Å². The summed E-state index contributed by atoms with van der Waals surface area (Å²) in [4.78, 5) is 17.3. The molecule has 0 aliphatic carbocycles. The Morgan fingerprint density at radius 2 is 1.68 bits per heavy atom. The molecule has 4 rings (SSSR count). The normalized spacial score (nSPS) is 20.1. The summed E-state index contributed by atoms with van der Waals surface area (Å²) in [7, 11) is 0. The molecule has 2 aromatic carbocycles. The van der Waals surface area contributed by atoms with Gasteiger partial charge in [-0.15, -0.1) is 0 Å². The fourth-order valence-electron chi connectivity index (χ4n) is 4.25. The van der Waals surface area contributed by atoms with Crippen LogP contribution in [0.2, 0.25) is 0 Å². The average molecular weight is 335 g/mol. The van der Waals surface area contributed by atoms with E-state index in [2.05, 4.69) is 63.6 Å². The van der Waals surface area contributed by atoms with Crippen molar-refractivity contribution in [2.45, 2.75) is 18.5 Å². The summed E-state index contributed by atoms with van der Waals surface area (Å²) in [6.45, 7) is 4.54. The minimum Gasteiger partial charge on any atom is -0.346 e. The Labute approximate surface area is 149 Å². The fourth-order valence-corrected chi connectivity index (χ4v) is 4.25. The average Bonchev–Trinajstić information content (AvgIpc) is 3.12. The summed E-state index contributed by atoms with van der Waals surface area (Å²) in [5.41, 5.74) is 3.15. The Bertz CT molecular complexity index is 727. The summed E-state index contributed by atoms with van der Waals surface area (Å²) in [5.74, 6) is 0. The summed E-state index contributed by atoms with van der Waals surface area (Å²) < 4.78 is 0. The lowest BCUT2D eigenvalue weighted by Gasteiger charge is -2.49. The minimum absolute atomic E-state index is 0.615. The monoisotopic (exact) mass is 335 g/mol. The van der Waals surface area contributed by atoms with E-state index in [4.69, 9.17) is 0 Å². The molecule has 0 aromatic heterocycles. The molecule has 2 aliphatic heterocycles. The smallest absolute Gasteiger partial charge is 0.160 e. The van der Waals surface area contributed by atoms with Crippen molar-refractivity contribution in [1.29, 1.82) is 0 Å². The first-order valence-corrected chi connectivity index (χ1v) is 9.15. The Balaban J connectivity index is 1.76. The maximum atomic E-state index is 12.6. The zero-order chi connectivity index (χ0) is 17.1. The lowest BCUT2D eigenvalue weighted by Crippen LogP contribution is -2.66. The van der Waals surface area contributed by atoms with E-state index in [1.807, 2.05) is 6.07 Å². The van der Waals surface area contributed by atoms with Crippen LogP contribution in [-0.2, 0) is 17.6 Å². The van der Waals surface area contributed by atoms with E-state index in [-0.39, 0.29) is 0 Å². The van der Waals surface area contributed by atoms with Crippen LogP contribution in [0.25, 0.3) is 0 Å². The van der Waals surface area contributed by atoms with Crippen molar-refractivity contribution in [3.63, 3.8) is 0 Å². The first kappa shape index (κ1) is 16.3. The molecule has 25 heavy (non-hydrogen) atoms. The summed E-state index contributed by atoms with van der Waals surface area (Å²) in [5, 5.41) is 3.41. The van der Waals surface area contributed by atoms with Crippen molar-refractivity contribution in [3.8, 4) is 0 Å². The molecule has 0 amide bonds. The van der Waals surface area contributed by atoms with E-state index in [1.165, 1.54) is 23.1 Å². The number of carbonyl (C=O) groups is 1. The molecular formula is C21H25N3O. The highest BCUT2D eigenvalue weighted by Crippen LogP contribution is 2.36. The molecule has 2 heterocycles. The topological polar surface area (TPSA) is 35.6 Å². The van der Waals surface area contributed by atoms with Crippen molar-refractivity contribution < 1.29 is 4.79 Å². The predicted octanol–water partition coefficient (Wildman–Crippen LogP) is 2.09. The largest absolute Gasteiger partial charge is 0.346 e. The number of rotatable bonds is 5. The molecule has 1 unspecified atom stereocenters. The third-order valence-electron chi connectivity index (χ3n) is 5.52. The molecule has 1 fully saturated rings. The van der Waals surface area contributed by atoms with Gasteiger partial charge in [0.05, 0.1) is 0 Å². The van der Waals surface area contributed by atoms with Crippen molar-refractivity contribution in [2.75, 3.05) is 37.6 Å². The van der Waals surface area contributed by atoms with Gasteiger partial charge in [-0.25, -0.2) is 0 Å². The molecule has 4 heteroatoms. The Kier molecular flexibility index (Phi) is 4.55. The molecule has 1 N–H and O–H groups in total. The van der Waals surface area contributed by atoms with Gasteiger partial charge in [-0.3, -0.25) is 9.69 Å². The van der Waals surface area contributed by atoms with E-state index >= 15 is 0 Å². The highest BCUT2D eigenvalue weighted by atomic mass is 16.1. The molecule has 0 spiro atoms. The van der Waals surface area contributed by atoms with Crippen LogP contribution in [0.1, 0.15) is 11.1 Å². The van der Waals surface area contributed by atoms with Crippen molar-refractivity contribution >= 4 is 12.0 Å². The summed E-state index contributed by atoms with van der Waals surface area (Å²) in [6.07, 6.45) is 2.91. The number of hydrogen-bond donors (Lipinski definition) is 1. The van der Waals surface area contributed by atoms with Crippen LogP contribution in [-0.4, -0.2) is 49.6 Å². The van der Waals surface area contributed by atoms with Gasteiger partial charge in [0.1, 0.15) is 0 Å². The second-order valence-corrected chi connectivity index (χ2v) is 6.93. The van der Waals surface area contributed by atoms with Crippen LogP contribution in [0.5, 0.6) is 0 Å². The van der Waals surface area contributed by atoms with Crippen molar-refractivity contribution in [1.82, 2.24) is 10.2 Å². The Morgan fingerprint density at radius 1 is 0.960 bits per heavy atom. The van der Waals surface area contributed by atoms with E-state index in [1.54, 1.807) is 0 Å². The zero-order valence-electron chi connectivity index (χ0n) is 14.5. The van der Waals surface area contributed by atoms with E-state index in [0.29, 0.717) is 6.42 Å². The number of fused-ring (bicyclic) bond motifs is 1. The van der Waals surface area contributed by atoms with Gasteiger partial charge in [0.25, 0.3) is 0 Å². The standard InChI is InChI=1S/C21H25N3O/c25-17-21(23-14-11-22-12-15-23,16-18-6-2-1-3-7-18)24-13-10-19-8-4-5-9-20(19)24/h1-9,17,22H,10-16H2. The fraction of sp³-hybridized carbons (Fsp3) is 0.381. The number of aldehydes is 1. The second-order valence-electron chi connectivity index (χ2n) is 6.93. The molecule has 0 saturated carbocycles. The van der Waals surface area contributed by atoms with Gasteiger partial charge in [-0.1, -0.05) is 48.5 Å². The lowest BCUT2D eigenvalue weighted by atomic mass is 9.95. The Hall–Kier alpha value is -2.17. The van der Waals surface area contributed by atoms with Gasteiger partial charge in [-0.05, 0) is 23.6 Å². The number of anilines is 1. The second kappa shape index (κ2) is 6.98. The molecule has 1 saturated heterocycles. The van der Waals surface area contributed by atoms with Crippen molar-refractivity contribution in [3.05, 3.63) is 65.7 Å². The van der Waals surface area contributed by atoms with Gasteiger partial charge in [0.15, 0.2) is 11.9 Å². The van der Waals surface area contributed by atoms with Gasteiger partial charge in [0, 0.05) is 44.8 Å². The van der Waals surface area contributed by atoms with E-state index in [9.17, 15) is 4.79 Å². The predicted molar refractivity (Wildman–Crippen MR) is 101 cm³/mol. The van der Waals surface area contributed by atoms with Crippen LogP contribution < -0.4 is 10.2 Å². The molecule has 1 atom stereocenters. The van der Waals surface area contributed by atoms with E-state index < -0.39 is 5.66 Å². The van der Waals surface area contributed by atoms with E-state index in [0.717, 1.165) is 39.1 Å². The molecule has 2 aliphatic rings. The first-order valence-electron chi connectivity index (χ1n) is 9.15. The maximum Gasteiger partial charge on any atom is 0.160 e. The SMILES string of the molecule is O=CC(Cc1ccccc1)(N1CCNCC1)N1CCc2ccccc21. The van der Waals surface area contributed by atoms with Crippen LogP contribution >= 0.6 is 0 Å². The summed E-state index contributed by atoms with van der Waals surface area (Å²) >= 11 is 0. The van der Waals surface area contributed by atoms with Gasteiger partial charge in [0.2, 0.25) is 0 Å². The van der Waals surface area contributed by atoms with Gasteiger partial charge < -0.3 is 10.2 Å². The van der Waals surface area contributed by atoms with Crippen LogP contribution in [0, 0.1) is 0 Å². The quantitative estimate of drug-likeness (QED) is 0.849. The van der Waals surface area contributed by atoms with Gasteiger partial charge in [-0.2, -0.15) is 0 Å². The van der Waals surface area contributed by atoms with Crippen LogP contribution in [0.15, 0.2) is 54.6 Å². The third kappa shape index (κ3) is 2.96. The number of hydrogen-bond acceptors (Lipinski definition) is 4.